The SMILES string of the molecule is CCOC(=O)c1c[nH]c(S)c1. The van der Waals surface area contributed by atoms with Crippen LogP contribution < -0.4 is 0 Å². The van der Waals surface area contributed by atoms with Gasteiger partial charge in [-0.3, -0.25) is 0 Å². The van der Waals surface area contributed by atoms with Crippen LogP contribution in [0.1, 0.15) is 17.3 Å². The number of nitrogens with one attached hydrogen (secondary N) is 1. The summed E-state index contributed by atoms with van der Waals surface area (Å²) in [6, 6.07) is 1.63. The van der Waals surface area contributed by atoms with Crippen LogP contribution in [0.3, 0.4) is 0 Å². The van der Waals surface area contributed by atoms with Crippen molar-refractivity contribution in [3.63, 3.8) is 0 Å². The van der Waals surface area contributed by atoms with E-state index in [-0.39, 0.29) is 5.97 Å². The molecular formula is C7H9NO2S. The third kappa shape index (κ3) is 2.01. The highest BCUT2D eigenvalue weighted by Gasteiger charge is 2.06. The van der Waals surface area contributed by atoms with Crippen molar-refractivity contribution >= 4 is 18.6 Å². The second-order valence-electron chi connectivity index (χ2n) is 1.99. The average Bonchev–Trinajstić information content (AvgIpc) is 2.36. The van der Waals surface area contributed by atoms with E-state index < -0.39 is 0 Å². The molecule has 0 aliphatic rings. The molecule has 3 nitrogen and oxygen atoms in total. The summed E-state index contributed by atoms with van der Waals surface area (Å²) in [7, 11) is 0. The van der Waals surface area contributed by atoms with Gasteiger partial charge in [-0.25, -0.2) is 4.79 Å². The van der Waals surface area contributed by atoms with Crippen LogP contribution >= 0.6 is 12.6 Å². The van der Waals surface area contributed by atoms with Crippen molar-refractivity contribution in [2.24, 2.45) is 0 Å². The minimum absolute atomic E-state index is 0.316. The summed E-state index contributed by atoms with van der Waals surface area (Å²) < 4.78 is 4.75. The highest BCUT2D eigenvalue weighted by Crippen LogP contribution is 2.07. The molecule has 0 aromatic carbocycles. The van der Waals surface area contributed by atoms with E-state index in [1.807, 2.05) is 0 Å². The van der Waals surface area contributed by atoms with Gasteiger partial charge in [-0.05, 0) is 13.0 Å². The molecule has 1 N–H and O–H groups in total. The highest BCUT2D eigenvalue weighted by molar-refractivity contribution is 7.80. The van der Waals surface area contributed by atoms with Crippen molar-refractivity contribution in [3.05, 3.63) is 17.8 Å². The Kier molecular flexibility index (Phi) is 2.59. The quantitative estimate of drug-likeness (QED) is 0.522. The van der Waals surface area contributed by atoms with Crippen molar-refractivity contribution in [2.75, 3.05) is 6.61 Å². The van der Waals surface area contributed by atoms with Gasteiger partial charge in [-0.15, -0.1) is 12.6 Å². The molecule has 4 heteroatoms. The molecule has 11 heavy (non-hydrogen) atoms. The number of carbonyl (C=O) groups excluding carboxylic acids is 1. The first-order valence-electron chi connectivity index (χ1n) is 3.28. The maximum absolute atomic E-state index is 11.0. The molecule has 1 rings (SSSR count). The molecule has 1 aromatic heterocycles. The number of aromatic amines is 1. The van der Waals surface area contributed by atoms with Gasteiger partial charge in [-0.2, -0.15) is 0 Å². The van der Waals surface area contributed by atoms with Gasteiger partial charge in [0.1, 0.15) is 0 Å². The average molecular weight is 171 g/mol. The number of rotatable bonds is 2. The van der Waals surface area contributed by atoms with Gasteiger partial charge in [0.05, 0.1) is 17.2 Å². The van der Waals surface area contributed by atoms with E-state index in [0.717, 1.165) is 0 Å². The molecule has 1 heterocycles. The Morgan fingerprint density at radius 2 is 2.55 bits per heavy atom. The predicted molar refractivity (Wildman–Crippen MR) is 44.0 cm³/mol. The van der Waals surface area contributed by atoms with E-state index >= 15 is 0 Å². The fourth-order valence-electron chi connectivity index (χ4n) is 0.715. The van der Waals surface area contributed by atoms with Crippen LogP contribution in [0.5, 0.6) is 0 Å². The lowest BCUT2D eigenvalue weighted by Crippen LogP contribution is -2.02. The molecule has 0 fully saturated rings. The van der Waals surface area contributed by atoms with Gasteiger partial charge in [0.15, 0.2) is 0 Å². The lowest BCUT2D eigenvalue weighted by molar-refractivity contribution is 0.0526. The first-order chi connectivity index (χ1) is 5.24. The van der Waals surface area contributed by atoms with Gasteiger partial charge in [0, 0.05) is 6.20 Å². The Morgan fingerprint density at radius 3 is 3.00 bits per heavy atom. The molecule has 60 valence electrons. The van der Waals surface area contributed by atoms with Crippen molar-refractivity contribution in [2.45, 2.75) is 11.9 Å². The second kappa shape index (κ2) is 3.48. The van der Waals surface area contributed by atoms with Crippen molar-refractivity contribution in [1.29, 1.82) is 0 Å². The molecule has 0 aliphatic heterocycles. The standard InChI is InChI=1S/C7H9NO2S/c1-2-10-7(9)5-3-6(11)8-4-5/h3-4,8,11H,2H2,1H3. The molecular weight excluding hydrogens is 162 g/mol. The Morgan fingerprint density at radius 1 is 1.82 bits per heavy atom. The van der Waals surface area contributed by atoms with E-state index in [2.05, 4.69) is 17.6 Å². The number of H-pyrrole nitrogens is 1. The minimum Gasteiger partial charge on any atom is -0.462 e. The third-order valence-corrected chi connectivity index (χ3v) is 1.44. The van der Waals surface area contributed by atoms with Gasteiger partial charge in [-0.1, -0.05) is 0 Å². The van der Waals surface area contributed by atoms with Gasteiger partial charge in [0.25, 0.3) is 0 Å². The zero-order valence-electron chi connectivity index (χ0n) is 6.13. The van der Waals surface area contributed by atoms with Crippen LogP contribution in [0.25, 0.3) is 0 Å². The third-order valence-electron chi connectivity index (χ3n) is 1.18. The van der Waals surface area contributed by atoms with E-state index in [9.17, 15) is 4.79 Å². The molecule has 0 amide bonds. The number of esters is 1. The number of carbonyl (C=O) groups is 1. The summed E-state index contributed by atoms with van der Waals surface area (Å²) in [6.45, 7) is 2.16. The normalized spacial score (nSPS) is 9.64. The number of hydrogen-bond acceptors (Lipinski definition) is 3. The smallest absolute Gasteiger partial charge is 0.339 e. The van der Waals surface area contributed by atoms with Crippen LogP contribution in [0.4, 0.5) is 0 Å². The van der Waals surface area contributed by atoms with E-state index in [4.69, 9.17) is 4.74 Å². The second-order valence-corrected chi connectivity index (χ2v) is 2.48. The highest BCUT2D eigenvalue weighted by atomic mass is 32.1. The van der Waals surface area contributed by atoms with Crippen LogP contribution in [0.2, 0.25) is 0 Å². The summed E-state index contributed by atoms with van der Waals surface area (Å²) >= 11 is 4.00. The largest absolute Gasteiger partial charge is 0.462 e. The van der Waals surface area contributed by atoms with E-state index in [1.165, 1.54) is 0 Å². The topological polar surface area (TPSA) is 42.1 Å². The van der Waals surface area contributed by atoms with Crippen LogP contribution in [-0.4, -0.2) is 17.6 Å². The Labute approximate surface area is 70.2 Å². The van der Waals surface area contributed by atoms with Crippen LogP contribution in [0, 0.1) is 0 Å². The molecule has 0 saturated heterocycles. The molecule has 1 aromatic rings. The molecule has 0 bridgehead atoms. The summed E-state index contributed by atoms with van der Waals surface area (Å²) in [5.74, 6) is -0.316. The van der Waals surface area contributed by atoms with E-state index in [0.29, 0.717) is 17.2 Å². The van der Waals surface area contributed by atoms with Crippen molar-refractivity contribution in [1.82, 2.24) is 4.98 Å². The number of hydrogen-bond donors (Lipinski definition) is 2. The first kappa shape index (κ1) is 8.20. The number of ether oxygens (including phenoxy) is 1. The summed E-state index contributed by atoms with van der Waals surface area (Å²) in [5, 5.41) is 0.660. The number of aromatic nitrogens is 1. The van der Waals surface area contributed by atoms with Gasteiger partial charge < -0.3 is 9.72 Å². The van der Waals surface area contributed by atoms with E-state index in [1.54, 1.807) is 19.2 Å². The molecule has 0 saturated carbocycles. The lowest BCUT2D eigenvalue weighted by Gasteiger charge is -1.95. The molecule has 0 atom stereocenters. The molecule has 0 spiro atoms. The Hall–Kier alpha value is -0.900. The fourth-order valence-corrected chi connectivity index (χ4v) is 0.918. The monoisotopic (exact) mass is 171 g/mol. The molecule has 0 aliphatic carbocycles. The zero-order valence-corrected chi connectivity index (χ0v) is 7.02. The summed E-state index contributed by atoms with van der Waals surface area (Å²) in [6.07, 6.45) is 1.57. The van der Waals surface area contributed by atoms with Crippen LogP contribution in [-0.2, 0) is 4.74 Å². The Balaban J connectivity index is 2.69. The predicted octanol–water partition coefficient (Wildman–Crippen LogP) is 1.48. The lowest BCUT2D eigenvalue weighted by atomic mass is 10.3. The maximum atomic E-state index is 11.0. The summed E-state index contributed by atoms with van der Waals surface area (Å²) in [5.41, 5.74) is 0.511. The Bertz CT molecular complexity index is 257. The van der Waals surface area contributed by atoms with Gasteiger partial charge >= 0.3 is 5.97 Å². The molecule has 0 unspecified atom stereocenters. The van der Waals surface area contributed by atoms with Crippen LogP contribution in [0.15, 0.2) is 17.3 Å². The zero-order chi connectivity index (χ0) is 8.27. The van der Waals surface area contributed by atoms with Crippen molar-refractivity contribution in [3.8, 4) is 0 Å². The van der Waals surface area contributed by atoms with Crippen molar-refractivity contribution < 1.29 is 9.53 Å². The minimum atomic E-state index is -0.316. The fraction of sp³-hybridized carbons (Fsp3) is 0.286. The number of thiol groups is 1. The maximum Gasteiger partial charge on any atom is 0.339 e. The van der Waals surface area contributed by atoms with Gasteiger partial charge in [0.2, 0.25) is 0 Å². The summed E-state index contributed by atoms with van der Waals surface area (Å²) in [4.78, 5) is 13.8. The first-order valence-corrected chi connectivity index (χ1v) is 3.73. The molecule has 0 radical (unpaired) electrons.